The molecule has 3 aromatic rings. The third-order valence-electron chi connectivity index (χ3n) is 3.65. The molecule has 0 unspecified atom stereocenters. The van der Waals surface area contributed by atoms with Crippen molar-refractivity contribution in [3.05, 3.63) is 42.5 Å². The highest BCUT2D eigenvalue weighted by Gasteiger charge is 2.24. The lowest BCUT2D eigenvalue weighted by atomic mass is 10.1. The van der Waals surface area contributed by atoms with Crippen LogP contribution in [0.2, 0.25) is 0 Å². The summed E-state index contributed by atoms with van der Waals surface area (Å²) in [4.78, 5) is 11.9. The summed E-state index contributed by atoms with van der Waals surface area (Å²) in [6, 6.07) is 7.85. The van der Waals surface area contributed by atoms with Gasteiger partial charge in [0, 0.05) is 30.5 Å². The van der Waals surface area contributed by atoms with Crippen molar-refractivity contribution in [2.75, 3.05) is 13.2 Å². The molecule has 2 aromatic heterocycles. The van der Waals surface area contributed by atoms with E-state index in [2.05, 4.69) is 20.1 Å². The van der Waals surface area contributed by atoms with E-state index in [-0.39, 0.29) is 5.92 Å². The Morgan fingerprint density at radius 2 is 2.10 bits per heavy atom. The highest BCUT2D eigenvalue weighted by atomic mass is 16.5. The zero-order valence-electron chi connectivity index (χ0n) is 11.3. The number of hydrogen-bond acceptors (Lipinski definition) is 5. The molecule has 0 amide bonds. The third-order valence-corrected chi connectivity index (χ3v) is 3.65. The summed E-state index contributed by atoms with van der Waals surface area (Å²) in [6.45, 7) is 1.43. The molecule has 0 bridgehead atoms. The number of ether oxygens (including phenoxy) is 1. The fraction of sp³-hybridized carbons (Fsp3) is 0.267. The monoisotopic (exact) mass is 282 g/mol. The van der Waals surface area contributed by atoms with Crippen molar-refractivity contribution in [3.8, 4) is 22.8 Å². The first-order valence-electron chi connectivity index (χ1n) is 6.92. The maximum Gasteiger partial charge on any atom is 0.258 e. The van der Waals surface area contributed by atoms with Crippen LogP contribution in [0.25, 0.3) is 22.8 Å². The van der Waals surface area contributed by atoms with E-state index in [0.717, 1.165) is 35.8 Å². The minimum atomic E-state index is 0.235. The fourth-order valence-corrected chi connectivity index (χ4v) is 2.54. The lowest BCUT2D eigenvalue weighted by molar-refractivity contribution is 0.192. The summed E-state index contributed by atoms with van der Waals surface area (Å²) >= 11 is 0. The molecule has 1 fully saturated rings. The number of nitrogens with one attached hydrogen (secondary N) is 1. The van der Waals surface area contributed by atoms with Crippen molar-refractivity contribution in [3.63, 3.8) is 0 Å². The Kier molecular flexibility index (Phi) is 3.01. The SMILES string of the molecule is c1ccc(-c2nc([C@@H]3CCOC3)no2)c(-c2ncc[nH]2)c1. The predicted molar refractivity (Wildman–Crippen MR) is 75.5 cm³/mol. The van der Waals surface area contributed by atoms with E-state index in [9.17, 15) is 0 Å². The number of H-pyrrole nitrogens is 1. The van der Waals surface area contributed by atoms with Gasteiger partial charge in [-0.25, -0.2) is 4.98 Å². The molecule has 1 aliphatic rings. The van der Waals surface area contributed by atoms with Gasteiger partial charge in [-0.3, -0.25) is 0 Å². The van der Waals surface area contributed by atoms with Gasteiger partial charge >= 0.3 is 0 Å². The maximum atomic E-state index is 5.44. The first kappa shape index (κ1) is 12.3. The van der Waals surface area contributed by atoms with E-state index in [0.29, 0.717) is 12.5 Å². The number of nitrogens with zero attached hydrogens (tertiary/aromatic N) is 3. The Morgan fingerprint density at radius 3 is 2.86 bits per heavy atom. The van der Waals surface area contributed by atoms with Crippen LogP contribution >= 0.6 is 0 Å². The van der Waals surface area contributed by atoms with E-state index < -0.39 is 0 Å². The Balaban J connectivity index is 1.74. The van der Waals surface area contributed by atoms with Crippen molar-refractivity contribution in [2.24, 2.45) is 0 Å². The first-order valence-corrected chi connectivity index (χ1v) is 6.92. The van der Waals surface area contributed by atoms with Crippen LogP contribution in [0, 0.1) is 0 Å². The van der Waals surface area contributed by atoms with Gasteiger partial charge in [0.2, 0.25) is 0 Å². The van der Waals surface area contributed by atoms with Crippen LogP contribution in [-0.4, -0.2) is 33.3 Å². The van der Waals surface area contributed by atoms with Crippen molar-refractivity contribution in [1.82, 2.24) is 20.1 Å². The molecule has 3 heterocycles. The van der Waals surface area contributed by atoms with E-state index in [1.165, 1.54) is 0 Å². The molecule has 1 aliphatic heterocycles. The molecule has 106 valence electrons. The molecule has 0 spiro atoms. The van der Waals surface area contributed by atoms with Gasteiger partial charge in [-0.15, -0.1) is 0 Å². The molecule has 6 nitrogen and oxygen atoms in total. The Bertz CT molecular complexity index is 730. The van der Waals surface area contributed by atoms with E-state index in [1.807, 2.05) is 24.3 Å². The predicted octanol–water partition coefficient (Wildman–Crippen LogP) is 2.63. The van der Waals surface area contributed by atoms with Crippen LogP contribution in [0.5, 0.6) is 0 Å². The van der Waals surface area contributed by atoms with Crippen LogP contribution in [0.15, 0.2) is 41.2 Å². The number of aromatic nitrogens is 4. The summed E-state index contributed by atoms with van der Waals surface area (Å²) in [6.07, 6.45) is 4.46. The number of rotatable bonds is 3. The molecule has 6 heteroatoms. The maximum absolute atomic E-state index is 5.44. The molecular weight excluding hydrogens is 268 g/mol. The second-order valence-electron chi connectivity index (χ2n) is 5.00. The van der Waals surface area contributed by atoms with Gasteiger partial charge in [0.15, 0.2) is 5.82 Å². The Labute approximate surface area is 121 Å². The molecular formula is C15H14N4O2. The molecule has 1 atom stereocenters. The van der Waals surface area contributed by atoms with E-state index in [1.54, 1.807) is 12.4 Å². The van der Waals surface area contributed by atoms with Crippen molar-refractivity contribution >= 4 is 0 Å². The molecule has 4 rings (SSSR count). The lowest BCUT2D eigenvalue weighted by Gasteiger charge is -2.02. The van der Waals surface area contributed by atoms with Crippen LogP contribution in [0.1, 0.15) is 18.2 Å². The molecule has 21 heavy (non-hydrogen) atoms. The van der Waals surface area contributed by atoms with E-state index in [4.69, 9.17) is 9.26 Å². The quantitative estimate of drug-likeness (QED) is 0.799. The average molecular weight is 282 g/mol. The summed E-state index contributed by atoms with van der Waals surface area (Å²) in [5, 5.41) is 4.10. The summed E-state index contributed by atoms with van der Waals surface area (Å²) < 4.78 is 10.8. The van der Waals surface area contributed by atoms with E-state index >= 15 is 0 Å². The average Bonchev–Trinajstić information content (AvgIpc) is 3.27. The number of hydrogen-bond donors (Lipinski definition) is 1. The second kappa shape index (κ2) is 5.14. The highest BCUT2D eigenvalue weighted by molar-refractivity contribution is 5.76. The number of aromatic amines is 1. The standard InChI is InChI=1S/C15H14N4O2/c1-2-4-12(11(3-1)14-16-6-7-17-14)15-18-13(19-21-15)10-5-8-20-9-10/h1-4,6-7,10H,5,8-9H2,(H,16,17)/t10-/m1/s1. The minimum absolute atomic E-state index is 0.235. The van der Waals surface area contributed by atoms with Gasteiger partial charge < -0.3 is 14.2 Å². The molecule has 0 radical (unpaired) electrons. The molecule has 1 N–H and O–H groups in total. The summed E-state index contributed by atoms with van der Waals surface area (Å²) in [5.74, 6) is 2.26. The third kappa shape index (κ3) is 2.23. The molecule has 1 aromatic carbocycles. The molecule has 0 saturated carbocycles. The van der Waals surface area contributed by atoms with Gasteiger partial charge in [0.25, 0.3) is 5.89 Å². The Hall–Kier alpha value is -2.47. The number of imidazole rings is 1. The highest BCUT2D eigenvalue weighted by Crippen LogP contribution is 2.30. The van der Waals surface area contributed by atoms with Crippen LogP contribution in [0.3, 0.4) is 0 Å². The molecule has 0 aliphatic carbocycles. The van der Waals surface area contributed by atoms with Gasteiger partial charge in [0.1, 0.15) is 5.82 Å². The van der Waals surface area contributed by atoms with Crippen molar-refractivity contribution in [1.29, 1.82) is 0 Å². The Morgan fingerprint density at radius 1 is 1.19 bits per heavy atom. The van der Waals surface area contributed by atoms with Crippen molar-refractivity contribution < 1.29 is 9.26 Å². The topological polar surface area (TPSA) is 76.8 Å². The fourth-order valence-electron chi connectivity index (χ4n) is 2.54. The van der Waals surface area contributed by atoms with Gasteiger partial charge in [-0.2, -0.15) is 4.98 Å². The van der Waals surface area contributed by atoms with Crippen LogP contribution in [-0.2, 0) is 4.74 Å². The summed E-state index contributed by atoms with van der Waals surface area (Å²) in [7, 11) is 0. The first-order chi connectivity index (χ1) is 10.4. The van der Waals surface area contributed by atoms with Crippen molar-refractivity contribution in [2.45, 2.75) is 12.3 Å². The van der Waals surface area contributed by atoms with Gasteiger partial charge in [0.05, 0.1) is 12.2 Å². The van der Waals surface area contributed by atoms with Crippen LogP contribution in [0.4, 0.5) is 0 Å². The zero-order chi connectivity index (χ0) is 14.1. The van der Waals surface area contributed by atoms with Gasteiger partial charge in [-0.05, 0) is 12.5 Å². The minimum Gasteiger partial charge on any atom is -0.381 e. The largest absolute Gasteiger partial charge is 0.381 e. The van der Waals surface area contributed by atoms with Crippen LogP contribution < -0.4 is 0 Å². The zero-order valence-corrected chi connectivity index (χ0v) is 11.3. The van der Waals surface area contributed by atoms with Gasteiger partial charge in [-0.1, -0.05) is 23.4 Å². The molecule has 1 saturated heterocycles. The normalized spacial score (nSPS) is 18.2. The smallest absolute Gasteiger partial charge is 0.258 e. The summed E-state index contributed by atoms with van der Waals surface area (Å²) in [5.41, 5.74) is 1.82. The second-order valence-corrected chi connectivity index (χ2v) is 5.00. The number of benzene rings is 1. The lowest BCUT2D eigenvalue weighted by Crippen LogP contribution is -1.99.